The third-order valence-corrected chi connectivity index (χ3v) is 4.76. The molecule has 7 heteroatoms. The number of rotatable bonds is 5. The Hall–Kier alpha value is -2.12. The average molecular weight is 349 g/mol. The molecule has 0 spiro atoms. The van der Waals surface area contributed by atoms with Gasteiger partial charge in [0, 0.05) is 50.4 Å². The SMILES string of the molecule is CNC(=O)c1c(C)n(CCN2CCOCC2)c2c(OC)cc(F)cc12. The first-order chi connectivity index (χ1) is 12.1. The molecule has 1 amide bonds. The van der Waals surface area contributed by atoms with Crippen molar-refractivity contribution in [2.75, 3.05) is 47.0 Å². The van der Waals surface area contributed by atoms with Crippen molar-refractivity contribution in [3.63, 3.8) is 0 Å². The molecule has 1 fully saturated rings. The highest BCUT2D eigenvalue weighted by Crippen LogP contribution is 2.34. The van der Waals surface area contributed by atoms with Gasteiger partial charge in [-0.3, -0.25) is 9.69 Å². The van der Waals surface area contributed by atoms with Crippen LogP contribution in [0.1, 0.15) is 16.1 Å². The van der Waals surface area contributed by atoms with Crippen LogP contribution in [0.4, 0.5) is 4.39 Å². The fraction of sp³-hybridized carbons (Fsp3) is 0.500. The number of nitrogens with zero attached hydrogens (tertiary/aromatic N) is 2. The van der Waals surface area contributed by atoms with Crippen molar-refractivity contribution in [3.05, 3.63) is 29.2 Å². The molecule has 1 aliphatic rings. The van der Waals surface area contributed by atoms with Crippen LogP contribution in [0.5, 0.6) is 5.75 Å². The fourth-order valence-electron chi connectivity index (χ4n) is 3.45. The molecule has 0 saturated carbocycles. The molecule has 0 aliphatic carbocycles. The number of nitrogens with one attached hydrogen (secondary N) is 1. The summed E-state index contributed by atoms with van der Waals surface area (Å²) >= 11 is 0. The molecular formula is C18H24FN3O3. The lowest BCUT2D eigenvalue weighted by atomic mass is 10.1. The molecule has 0 bridgehead atoms. The number of ether oxygens (including phenoxy) is 2. The van der Waals surface area contributed by atoms with Gasteiger partial charge in [0.15, 0.2) is 0 Å². The zero-order valence-corrected chi connectivity index (χ0v) is 14.9. The second-order valence-electron chi connectivity index (χ2n) is 6.15. The summed E-state index contributed by atoms with van der Waals surface area (Å²) in [6, 6.07) is 2.77. The molecule has 1 aromatic carbocycles. The Kier molecular flexibility index (Phi) is 5.24. The molecule has 3 rings (SSSR count). The molecule has 0 atom stereocenters. The van der Waals surface area contributed by atoms with Crippen LogP contribution in [0, 0.1) is 12.7 Å². The predicted octanol–water partition coefficient (Wildman–Crippen LogP) is 1.79. The minimum absolute atomic E-state index is 0.222. The predicted molar refractivity (Wildman–Crippen MR) is 93.8 cm³/mol. The number of morpholine rings is 1. The molecule has 1 aromatic heterocycles. The van der Waals surface area contributed by atoms with Crippen LogP contribution in [-0.2, 0) is 11.3 Å². The standard InChI is InChI=1S/C18H24FN3O3/c1-12-16(18(23)20-2)14-10-13(19)11-15(24-3)17(14)22(12)5-4-21-6-8-25-9-7-21/h10-11H,4-9H2,1-3H3,(H,20,23). The van der Waals surface area contributed by atoms with Crippen molar-refractivity contribution in [3.8, 4) is 5.75 Å². The van der Waals surface area contributed by atoms with E-state index in [2.05, 4.69) is 10.2 Å². The maximum Gasteiger partial charge on any atom is 0.253 e. The number of amides is 1. The van der Waals surface area contributed by atoms with E-state index < -0.39 is 5.82 Å². The summed E-state index contributed by atoms with van der Waals surface area (Å²) in [4.78, 5) is 14.7. The van der Waals surface area contributed by atoms with Crippen molar-refractivity contribution in [2.24, 2.45) is 0 Å². The van der Waals surface area contributed by atoms with Gasteiger partial charge in [-0.15, -0.1) is 0 Å². The molecule has 0 unspecified atom stereocenters. The van der Waals surface area contributed by atoms with Gasteiger partial charge in [-0.1, -0.05) is 0 Å². The van der Waals surface area contributed by atoms with E-state index in [1.54, 1.807) is 7.05 Å². The summed E-state index contributed by atoms with van der Waals surface area (Å²) in [6.07, 6.45) is 0. The topological polar surface area (TPSA) is 55.7 Å². The molecule has 25 heavy (non-hydrogen) atoms. The summed E-state index contributed by atoms with van der Waals surface area (Å²) in [5.41, 5.74) is 2.07. The minimum atomic E-state index is -0.417. The molecule has 1 aliphatic heterocycles. The molecule has 1 saturated heterocycles. The summed E-state index contributed by atoms with van der Waals surface area (Å²) in [5, 5.41) is 3.23. The van der Waals surface area contributed by atoms with Crippen molar-refractivity contribution < 1.29 is 18.7 Å². The first kappa shape index (κ1) is 17.7. The number of benzene rings is 1. The Bertz CT molecular complexity index is 782. The van der Waals surface area contributed by atoms with E-state index in [-0.39, 0.29) is 5.91 Å². The zero-order chi connectivity index (χ0) is 18.0. The fourth-order valence-corrected chi connectivity index (χ4v) is 3.45. The molecular weight excluding hydrogens is 325 g/mol. The van der Waals surface area contributed by atoms with Crippen molar-refractivity contribution in [1.29, 1.82) is 0 Å². The number of methoxy groups -OCH3 is 1. The highest BCUT2D eigenvalue weighted by molar-refractivity contribution is 6.09. The maximum atomic E-state index is 14.0. The van der Waals surface area contributed by atoms with Gasteiger partial charge >= 0.3 is 0 Å². The van der Waals surface area contributed by atoms with E-state index in [1.165, 1.54) is 19.2 Å². The van der Waals surface area contributed by atoms with Gasteiger partial charge in [0.2, 0.25) is 0 Å². The minimum Gasteiger partial charge on any atom is -0.494 e. The van der Waals surface area contributed by atoms with E-state index in [1.807, 2.05) is 11.5 Å². The Labute approximate surface area is 146 Å². The lowest BCUT2D eigenvalue weighted by Crippen LogP contribution is -2.38. The molecule has 1 N–H and O–H groups in total. The number of halogens is 1. The lowest BCUT2D eigenvalue weighted by molar-refractivity contribution is 0.0365. The van der Waals surface area contributed by atoms with Crippen LogP contribution in [0.25, 0.3) is 10.9 Å². The normalized spacial score (nSPS) is 15.5. The number of hydrogen-bond acceptors (Lipinski definition) is 4. The van der Waals surface area contributed by atoms with Crippen molar-refractivity contribution in [1.82, 2.24) is 14.8 Å². The van der Waals surface area contributed by atoms with Crippen LogP contribution in [-0.4, -0.2) is 62.4 Å². The smallest absolute Gasteiger partial charge is 0.253 e. The number of hydrogen-bond donors (Lipinski definition) is 1. The maximum absolute atomic E-state index is 14.0. The van der Waals surface area contributed by atoms with E-state index in [4.69, 9.17) is 9.47 Å². The molecule has 0 radical (unpaired) electrons. The summed E-state index contributed by atoms with van der Waals surface area (Å²) in [6.45, 7) is 6.69. The largest absolute Gasteiger partial charge is 0.494 e. The summed E-state index contributed by atoms with van der Waals surface area (Å²) < 4.78 is 26.8. The van der Waals surface area contributed by atoms with E-state index in [0.29, 0.717) is 23.2 Å². The monoisotopic (exact) mass is 349 g/mol. The first-order valence-corrected chi connectivity index (χ1v) is 8.45. The molecule has 2 aromatic rings. The third kappa shape index (κ3) is 3.34. The van der Waals surface area contributed by atoms with E-state index in [0.717, 1.165) is 44.1 Å². The van der Waals surface area contributed by atoms with Crippen LogP contribution >= 0.6 is 0 Å². The Balaban J connectivity index is 2.06. The Morgan fingerprint density at radius 3 is 2.68 bits per heavy atom. The quantitative estimate of drug-likeness (QED) is 0.894. The van der Waals surface area contributed by atoms with E-state index >= 15 is 0 Å². The summed E-state index contributed by atoms with van der Waals surface area (Å²) in [7, 11) is 3.09. The second-order valence-corrected chi connectivity index (χ2v) is 6.15. The van der Waals surface area contributed by atoms with E-state index in [9.17, 15) is 9.18 Å². The van der Waals surface area contributed by atoms with Crippen LogP contribution in [0.2, 0.25) is 0 Å². The number of aromatic nitrogens is 1. The van der Waals surface area contributed by atoms with Gasteiger partial charge in [-0.25, -0.2) is 4.39 Å². The van der Waals surface area contributed by atoms with Crippen LogP contribution < -0.4 is 10.1 Å². The third-order valence-electron chi connectivity index (χ3n) is 4.76. The van der Waals surface area contributed by atoms with Gasteiger partial charge < -0.3 is 19.4 Å². The highest BCUT2D eigenvalue weighted by Gasteiger charge is 2.23. The number of carbonyl (C=O) groups is 1. The van der Waals surface area contributed by atoms with Gasteiger partial charge in [-0.05, 0) is 13.0 Å². The average Bonchev–Trinajstić information content (AvgIpc) is 2.90. The van der Waals surface area contributed by atoms with Crippen LogP contribution in [0.15, 0.2) is 12.1 Å². The first-order valence-electron chi connectivity index (χ1n) is 8.45. The molecule has 6 nitrogen and oxygen atoms in total. The van der Waals surface area contributed by atoms with Gasteiger partial charge in [0.05, 0.1) is 31.4 Å². The van der Waals surface area contributed by atoms with Gasteiger partial charge in [0.25, 0.3) is 5.91 Å². The Morgan fingerprint density at radius 1 is 1.32 bits per heavy atom. The number of fused-ring (bicyclic) bond motifs is 1. The number of carbonyl (C=O) groups excluding carboxylic acids is 1. The van der Waals surface area contributed by atoms with Crippen molar-refractivity contribution >= 4 is 16.8 Å². The van der Waals surface area contributed by atoms with Crippen molar-refractivity contribution in [2.45, 2.75) is 13.5 Å². The highest BCUT2D eigenvalue weighted by atomic mass is 19.1. The van der Waals surface area contributed by atoms with Gasteiger partial charge in [-0.2, -0.15) is 0 Å². The summed E-state index contributed by atoms with van der Waals surface area (Å²) in [5.74, 6) is -0.199. The molecule has 136 valence electrons. The van der Waals surface area contributed by atoms with Gasteiger partial charge in [0.1, 0.15) is 11.6 Å². The lowest BCUT2D eigenvalue weighted by Gasteiger charge is -2.27. The van der Waals surface area contributed by atoms with Crippen LogP contribution in [0.3, 0.4) is 0 Å². The Morgan fingerprint density at radius 2 is 2.04 bits per heavy atom. The second kappa shape index (κ2) is 7.41. The molecule has 2 heterocycles. The zero-order valence-electron chi connectivity index (χ0n) is 14.9.